The number of likely N-dealkylation sites (tertiary alicyclic amines) is 1. The van der Waals surface area contributed by atoms with Gasteiger partial charge in [0.2, 0.25) is 5.95 Å². The van der Waals surface area contributed by atoms with Crippen LogP contribution in [0.4, 0.5) is 5.95 Å². The van der Waals surface area contributed by atoms with E-state index < -0.39 is 0 Å². The highest BCUT2D eigenvalue weighted by Crippen LogP contribution is 2.40. The lowest BCUT2D eigenvalue weighted by molar-refractivity contribution is 0.214. The summed E-state index contributed by atoms with van der Waals surface area (Å²) in [6, 6.07) is 8.20. The van der Waals surface area contributed by atoms with Gasteiger partial charge in [-0.05, 0) is 50.9 Å². The number of piperidine rings is 1. The third kappa shape index (κ3) is 3.26. The van der Waals surface area contributed by atoms with Gasteiger partial charge in [0.15, 0.2) is 0 Å². The number of hydrogen-bond donors (Lipinski definition) is 0. The largest absolute Gasteiger partial charge is 0.340 e. The van der Waals surface area contributed by atoms with Crippen molar-refractivity contribution in [1.82, 2.24) is 19.9 Å². The van der Waals surface area contributed by atoms with Crippen LogP contribution in [0, 0.1) is 12.3 Å². The molecule has 2 saturated heterocycles. The van der Waals surface area contributed by atoms with Gasteiger partial charge < -0.3 is 4.90 Å². The summed E-state index contributed by atoms with van der Waals surface area (Å²) >= 11 is 0. The topological polar surface area (TPSA) is 45.2 Å². The van der Waals surface area contributed by atoms with E-state index in [0.29, 0.717) is 5.41 Å². The van der Waals surface area contributed by atoms with Gasteiger partial charge in [0.05, 0.1) is 5.69 Å². The van der Waals surface area contributed by atoms with Crippen molar-refractivity contribution < 1.29 is 0 Å². The van der Waals surface area contributed by atoms with Crippen molar-refractivity contribution in [3.8, 4) is 0 Å². The van der Waals surface area contributed by atoms with Crippen molar-refractivity contribution >= 4 is 5.95 Å². The van der Waals surface area contributed by atoms with Crippen LogP contribution in [0.3, 0.4) is 0 Å². The first kappa shape index (κ1) is 15.5. The molecule has 2 aliphatic rings. The van der Waals surface area contributed by atoms with E-state index in [1.165, 1.54) is 31.5 Å². The zero-order valence-electron chi connectivity index (χ0n) is 14.4. The van der Waals surface area contributed by atoms with E-state index in [9.17, 15) is 0 Å². The molecule has 126 valence electrons. The van der Waals surface area contributed by atoms with Crippen molar-refractivity contribution in [3.05, 3.63) is 48.0 Å². The number of pyridine rings is 1. The first-order valence-electron chi connectivity index (χ1n) is 8.89. The Kier molecular flexibility index (Phi) is 4.19. The smallest absolute Gasteiger partial charge is 0.225 e. The number of anilines is 1. The Balaban J connectivity index is 1.43. The summed E-state index contributed by atoms with van der Waals surface area (Å²) < 4.78 is 0. The maximum absolute atomic E-state index is 4.66. The predicted molar refractivity (Wildman–Crippen MR) is 94.8 cm³/mol. The summed E-state index contributed by atoms with van der Waals surface area (Å²) in [6.07, 6.45) is 7.49. The molecule has 0 amide bonds. The Morgan fingerprint density at radius 1 is 1.04 bits per heavy atom. The summed E-state index contributed by atoms with van der Waals surface area (Å²) in [7, 11) is 0. The van der Waals surface area contributed by atoms with Gasteiger partial charge in [-0.25, -0.2) is 9.97 Å². The Morgan fingerprint density at radius 2 is 1.92 bits per heavy atom. The van der Waals surface area contributed by atoms with Gasteiger partial charge in [-0.3, -0.25) is 9.88 Å². The van der Waals surface area contributed by atoms with Crippen LogP contribution in [0.15, 0.2) is 36.7 Å². The molecule has 2 aromatic rings. The van der Waals surface area contributed by atoms with Crippen LogP contribution in [-0.4, -0.2) is 46.0 Å². The average Bonchev–Trinajstić information content (AvgIpc) is 2.97. The lowest BCUT2D eigenvalue weighted by atomic mass is 9.79. The monoisotopic (exact) mass is 323 g/mol. The standard InChI is InChI=1S/C19H25N5/c1-16-5-2-6-17(22-16)13-23-12-8-19(14-23)7-3-11-24(15-19)18-20-9-4-10-21-18/h2,4-6,9-10H,3,7-8,11-15H2,1H3/t19-/m0/s1. The molecule has 4 rings (SSSR count). The van der Waals surface area contributed by atoms with Gasteiger partial charge in [-0.2, -0.15) is 0 Å². The molecule has 0 radical (unpaired) electrons. The van der Waals surface area contributed by atoms with Crippen LogP contribution in [0.5, 0.6) is 0 Å². The van der Waals surface area contributed by atoms with Crippen molar-refractivity contribution in [2.75, 3.05) is 31.1 Å². The molecule has 1 atom stereocenters. The molecule has 0 aromatic carbocycles. The average molecular weight is 323 g/mol. The Bertz CT molecular complexity index is 689. The lowest BCUT2D eigenvalue weighted by Crippen LogP contribution is -2.45. The van der Waals surface area contributed by atoms with Gasteiger partial charge in [-0.15, -0.1) is 0 Å². The van der Waals surface area contributed by atoms with Crippen molar-refractivity contribution in [2.45, 2.75) is 32.7 Å². The van der Waals surface area contributed by atoms with E-state index in [-0.39, 0.29) is 0 Å². The molecule has 0 saturated carbocycles. The first-order valence-corrected chi connectivity index (χ1v) is 8.89. The third-order valence-corrected chi connectivity index (χ3v) is 5.35. The number of aromatic nitrogens is 3. The third-order valence-electron chi connectivity index (χ3n) is 5.35. The normalized spacial score (nSPS) is 24.6. The summed E-state index contributed by atoms with van der Waals surface area (Å²) in [5.41, 5.74) is 2.68. The van der Waals surface area contributed by atoms with E-state index >= 15 is 0 Å². The molecule has 0 N–H and O–H groups in total. The fourth-order valence-electron chi connectivity index (χ4n) is 4.25. The van der Waals surface area contributed by atoms with Crippen LogP contribution in [0.1, 0.15) is 30.7 Å². The fraction of sp³-hybridized carbons (Fsp3) is 0.526. The minimum Gasteiger partial charge on any atom is -0.340 e. The highest BCUT2D eigenvalue weighted by atomic mass is 15.3. The van der Waals surface area contributed by atoms with Gasteiger partial charge >= 0.3 is 0 Å². The number of hydrogen-bond acceptors (Lipinski definition) is 5. The molecule has 2 aromatic heterocycles. The molecule has 1 spiro atoms. The minimum atomic E-state index is 0.390. The quantitative estimate of drug-likeness (QED) is 0.869. The molecule has 0 aliphatic carbocycles. The van der Waals surface area contributed by atoms with Crippen LogP contribution < -0.4 is 4.90 Å². The number of rotatable bonds is 3. The number of nitrogens with zero attached hydrogens (tertiary/aromatic N) is 5. The van der Waals surface area contributed by atoms with Crippen molar-refractivity contribution in [1.29, 1.82) is 0 Å². The second-order valence-corrected chi connectivity index (χ2v) is 7.30. The zero-order chi connectivity index (χ0) is 16.4. The van der Waals surface area contributed by atoms with Crippen molar-refractivity contribution in [3.63, 3.8) is 0 Å². The SMILES string of the molecule is Cc1cccc(CN2CC[C@@]3(CCCN(c4ncccn4)C3)C2)n1. The number of aryl methyl sites for hydroxylation is 1. The van der Waals surface area contributed by atoms with E-state index in [1.54, 1.807) is 0 Å². The molecule has 5 heteroatoms. The molecular weight excluding hydrogens is 298 g/mol. The molecule has 0 bridgehead atoms. The predicted octanol–water partition coefficient (Wildman–Crippen LogP) is 2.67. The molecular formula is C19H25N5. The van der Waals surface area contributed by atoms with Gasteiger partial charge in [0.25, 0.3) is 0 Å². The molecule has 2 aliphatic heterocycles. The summed E-state index contributed by atoms with van der Waals surface area (Å²) in [5, 5.41) is 0. The van der Waals surface area contributed by atoms with Gasteiger partial charge in [0.1, 0.15) is 0 Å². The van der Waals surface area contributed by atoms with Crippen molar-refractivity contribution in [2.24, 2.45) is 5.41 Å². The lowest BCUT2D eigenvalue weighted by Gasteiger charge is -2.40. The highest BCUT2D eigenvalue weighted by Gasteiger charge is 2.41. The Labute approximate surface area is 143 Å². The fourth-order valence-corrected chi connectivity index (χ4v) is 4.25. The van der Waals surface area contributed by atoms with Gasteiger partial charge in [-0.1, -0.05) is 6.07 Å². The van der Waals surface area contributed by atoms with Crippen LogP contribution in [0.25, 0.3) is 0 Å². The summed E-state index contributed by atoms with van der Waals surface area (Å²) in [6.45, 7) is 7.50. The molecule has 4 heterocycles. The molecule has 0 unspecified atom stereocenters. The highest BCUT2D eigenvalue weighted by molar-refractivity contribution is 5.30. The van der Waals surface area contributed by atoms with Crippen LogP contribution in [-0.2, 0) is 6.54 Å². The zero-order valence-corrected chi connectivity index (χ0v) is 14.4. The molecule has 24 heavy (non-hydrogen) atoms. The van der Waals surface area contributed by atoms with E-state index in [4.69, 9.17) is 0 Å². The van der Waals surface area contributed by atoms with Crippen LogP contribution >= 0.6 is 0 Å². The second-order valence-electron chi connectivity index (χ2n) is 7.30. The van der Waals surface area contributed by atoms with E-state index in [0.717, 1.165) is 37.8 Å². The Hall–Kier alpha value is -2.01. The Morgan fingerprint density at radius 3 is 2.75 bits per heavy atom. The first-order chi connectivity index (χ1) is 11.7. The van der Waals surface area contributed by atoms with E-state index in [2.05, 4.69) is 49.9 Å². The van der Waals surface area contributed by atoms with Gasteiger partial charge in [0, 0.05) is 49.7 Å². The minimum absolute atomic E-state index is 0.390. The molecule has 2 fully saturated rings. The summed E-state index contributed by atoms with van der Waals surface area (Å²) in [5.74, 6) is 0.885. The van der Waals surface area contributed by atoms with Crippen LogP contribution in [0.2, 0.25) is 0 Å². The van der Waals surface area contributed by atoms with E-state index in [1.807, 2.05) is 18.5 Å². The second kappa shape index (κ2) is 6.48. The maximum Gasteiger partial charge on any atom is 0.225 e. The molecule has 5 nitrogen and oxygen atoms in total. The summed E-state index contributed by atoms with van der Waals surface area (Å²) in [4.78, 5) is 18.5. The maximum atomic E-state index is 4.66.